The molecule has 0 aliphatic carbocycles. The fourth-order valence-electron chi connectivity index (χ4n) is 2.42. The highest BCUT2D eigenvalue weighted by Gasteiger charge is 2.21. The molecule has 0 radical (unpaired) electrons. The lowest BCUT2D eigenvalue weighted by molar-refractivity contribution is 0.0318. The van der Waals surface area contributed by atoms with Crippen molar-refractivity contribution in [1.82, 2.24) is 4.72 Å². The zero-order valence-corrected chi connectivity index (χ0v) is 17.2. The molecule has 2 rings (SSSR count). The molecule has 7 heteroatoms. The van der Waals surface area contributed by atoms with Gasteiger partial charge >= 0.3 is 5.97 Å². The SMILES string of the molecule is CC[C@H](C)NS(=O)(=O)c1ccc(C(=O)O[C@@H](C)C(=O)c2ccc(C)cc2)cc1. The highest BCUT2D eigenvalue weighted by atomic mass is 32.2. The number of nitrogens with one attached hydrogen (secondary N) is 1. The lowest BCUT2D eigenvalue weighted by Crippen LogP contribution is -2.32. The van der Waals surface area contributed by atoms with E-state index in [0.29, 0.717) is 12.0 Å². The second kappa shape index (κ2) is 9.12. The van der Waals surface area contributed by atoms with Crippen molar-refractivity contribution in [2.24, 2.45) is 0 Å². The average molecular weight is 404 g/mol. The highest BCUT2D eigenvalue weighted by molar-refractivity contribution is 7.89. The van der Waals surface area contributed by atoms with Crippen molar-refractivity contribution in [2.45, 2.75) is 51.2 Å². The molecule has 0 aliphatic rings. The van der Waals surface area contributed by atoms with E-state index in [9.17, 15) is 18.0 Å². The number of rotatable bonds is 8. The van der Waals surface area contributed by atoms with Crippen LogP contribution in [0.4, 0.5) is 0 Å². The van der Waals surface area contributed by atoms with Crippen LogP contribution < -0.4 is 4.72 Å². The van der Waals surface area contributed by atoms with Gasteiger partial charge in [-0.1, -0.05) is 36.8 Å². The largest absolute Gasteiger partial charge is 0.451 e. The first-order valence-electron chi connectivity index (χ1n) is 9.08. The Hall–Kier alpha value is -2.51. The van der Waals surface area contributed by atoms with Crippen molar-refractivity contribution in [2.75, 3.05) is 0 Å². The molecule has 1 N–H and O–H groups in total. The number of Topliss-reactive ketones (excluding diaryl/α,β-unsaturated/α-hetero) is 1. The maximum atomic E-state index is 12.4. The molecule has 28 heavy (non-hydrogen) atoms. The Labute approximate surface area is 166 Å². The summed E-state index contributed by atoms with van der Waals surface area (Å²) in [6.07, 6.45) is -0.290. The first-order chi connectivity index (χ1) is 13.1. The number of ketones is 1. The van der Waals surface area contributed by atoms with Crippen molar-refractivity contribution in [3.63, 3.8) is 0 Å². The fraction of sp³-hybridized carbons (Fsp3) is 0.333. The summed E-state index contributed by atoms with van der Waals surface area (Å²) in [5.41, 5.74) is 1.66. The minimum Gasteiger partial charge on any atom is -0.451 e. The molecule has 2 atom stereocenters. The third-order valence-corrected chi connectivity index (χ3v) is 5.96. The summed E-state index contributed by atoms with van der Waals surface area (Å²) in [6, 6.07) is 12.2. The molecule has 2 aromatic rings. The molecule has 6 nitrogen and oxygen atoms in total. The smallest absolute Gasteiger partial charge is 0.338 e. The number of hydrogen-bond acceptors (Lipinski definition) is 5. The third kappa shape index (κ3) is 5.50. The van der Waals surface area contributed by atoms with Crippen LogP contribution in [-0.2, 0) is 14.8 Å². The molecule has 0 aromatic heterocycles. The summed E-state index contributed by atoms with van der Waals surface area (Å²) >= 11 is 0. The number of ether oxygens (including phenoxy) is 1. The number of carbonyl (C=O) groups excluding carboxylic acids is 2. The number of carbonyl (C=O) groups is 2. The van der Waals surface area contributed by atoms with Crippen molar-refractivity contribution in [1.29, 1.82) is 0 Å². The first-order valence-corrected chi connectivity index (χ1v) is 10.6. The Morgan fingerprint density at radius 3 is 2.04 bits per heavy atom. The Balaban J connectivity index is 2.06. The molecule has 0 saturated carbocycles. The quantitative estimate of drug-likeness (QED) is 0.538. The number of benzene rings is 2. The van der Waals surface area contributed by atoms with Gasteiger partial charge in [0.15, 0.2) is 6.10 Å². The standard InChI is InChI=1S/C21H25NO5S/c1-5-15(3)22-28(25,26)19-12-10-18(11-13-19)21(24)27-16(4)20(23)17-8-6-14(2)7-9-17/h6-13,15-16,22H,5H2,1-4H3/t15-,16-/m0/s1. The monoisotopic (exact) mass is 403 g/mol. The molecule has 150 valence electrons. The number of esters is 1. The molecular weight excluding hydrogens is 378 g/mol. The Morgan fingerprint density at radius 2 is 1.50 bits per heavy atom. The topological polar surface area (TPSA) is 89.5 Å². The molecule has 0 unspecified atom stereocenters. The lowest BCUT2D eigenvalue weighted by Gasteiger charge is -2.14. The summed E-state index contributed by atoms with van der Waals surface area (Å²) in [5, 5.41) is 0. The van der Waals surface area contributed by atoms with Crippen LogP contribution in [0.5, 0.6) is 0 Å². The number of hydrogen-bond donors (Lipinski definition) is 1. The van der Waals surface area contributed by atoms with Crippen LogP contribution in [0.15, 0.2) is 53.4 Å². The third-order valence-electron chi connectivity index (χ3n) is 4.36. The van der Waals surface area contributed by atoms with E-state index in [1.165, 1.54) is 31.2 Å². The van der Waals surface area contributed by atoms with E-state index < -0.39 is 22.1 Å². The van der Waals surface area contributed by atoms with Gasteiger partial charge in [-0.25, -0.2) is 17.9 Å². The van der Waals surface area contributed by atoms with Crippen LogP contribution >= 0.6 is 0 Å². The molecule has 0 fully saturated rings. The van der Waals surface area contributed by atoms with E-state index in [1.54, 1.807) is 19.1 Å². The van der Waals surface area contributed by atoms with E-state index in [0.717, 1.165) is 5.56 Å². The first kappa shape index (κ1) is 21.8. The number of sulfonamides is 1. The Morgan fingerprint density at radius 1 is 0.964 bits per heavy atom. The van der Waals surface area contributed by atoms with Gasteiger partial charge in [-0.05, 0) is 51.5 Å². The lowest BCUT2D eigenvalue weighted by atomic mass is 10.1. The van der Waals surface area contributed by atoms with Crippen molar-refractivity contribution in [3.05, 3.63) is 65.2 Å². The Bertz CT molecular complexity index is 934. The van der Waals surface area contributed by atoms with Crippen molar-refractivity contribution in [3.8, 4) is 0 Å². The van der Waals surface area contributed by atoms with Crippen LogP contribution in [0.3, 0.4) is 0 Å². The minimum atomic E-state index is -3.65. The van der Waals surface area contributed by atoms with Crippen molar-refractivity contribution < 1.29 is 22.7 Å². The van der Waals surface area contributed by atoms with Gasteiger partial charge < -0.3 is 4.74 Å². The van der Waals surface area contributed by atoms with Crippen molar-refractivity contribution >= 4 is 21.8 Å². The molecule has 0 bridgehead atoms. The molecule has 0 heterocycles. The average Bonchev–Trinajstić information content (AvgIpc) is 2.67. The second-order valence-electron chi connectivity index (χ2n) is 6.73. The van der Waals surface area contributed by atoms with Gasteiger partial charge in [-0.3, -0.25) is 4.79 Å². The maximum Gasteiger partial charge on any atom is 0.338 e. The molecule has 0 saturated heterocycles. The van der Waals surface area contributed by atoms with Gasteiger partial charge in [-0.2, -0.15) is 0 Å². The molecule has 0 spiro atoms. The Kier molecular flexibility index (Phi) is 7.10. The molecule has 0 amide bonds. The fourth-order valence-corrected chi connectivity index (χ4v) is 3.75. The van der Waals surface area contributed by atoms with Gasteiger partial charge in [-0.15, -0.1) is 0 Å². The van der Waals surface area contributed by atoms with Crippen LogP contribution in [0.1, 0.15) is 53.5 Å². The second-order valence-corrected chi connectivity index (χ2v) is 8.45. The summed E-state index contributed by atoms with van der Waals surface area (Å²) < 4.78 is 32.3. The maximum absolute atomic E-state index is 12.4. The zero-order chi connectivity index (χ0) is 20.9. The predicted molar refractivity (Wildman–Crippen MR) is 107 cm³/mol. The zero-order valence-electron chi connectivity index (χ0n) is 16.4. The van der Waals surface area contributed by atoms with E-state index in [4.69, 9.17) is 4.74 Å². The van der Waals surface area contributed by atoms with Gasteiger partial charge in [0.1, 0.15) is 0 Å². The summed E-state index contributed by atoms with van der Waals surface area (Å²) in [4.78, 5) is 24.7. The van der Waals surface area contributed by atoms with Gasteiger partial charge in [0.2, 0.25) is 15.8 Å². The molecule has 0 aliphatic heterocycles. The van der Waals surface area contributed by atoms with E-state index >= 15 is 0 Å². The predicted octanol–water partition coefficient (Wildman–Crippen LogP) is 3.50. The van der Waals surface area contributed by atoms with Crippen LogP contribution in [0.25, 0.3) is 0 Å². The summed E-state index contributed by atoms with van der Waals surface area (Å²) in [5.74, 6) is -0.989. The summed E-state index contributed by atoms with van der Waals surface area (Å²) in [7, 11) is -3.65. The molecular formula is C21H25NO5S. The van der Waals surface area contributed by atoms with E-state index in [2.05, 4.69) is 4.72 Å². The molecule has 2 aromatic carbocycles. The van der Waals surface area contributed by atoms with Gasteiger partial charge in [0, 0.05) is 11.6 Å². The van der Waals surface area contributed by atoms with E-state index in [-0.39, 0.29) is 22.3 Å². The van der Waals surface area contributed by atoms with Crippen LogP contribution in [0, 0.1) is 6.92 Å². The van der Waals surface area contributed by atoms with Gasteiger partial charge in [0.05, 0.1) is 10.5 Å². The minimum absolute atomic E-state index is 0.0631. The van der Waals surface area contributed by atoms with Crippen LogP contribution in [0.2, 0.25) is 0 Å². The van der Waals surface area contributed by atoms with Gasteiger partial charge in [0.25, 0.3) is 0 Å². The van der Waals surface area contributed by atoms with E-state index in [1.807, 2.05) is 26.0 Å². The number of aryl methyl sites for hydroxylation is 1. The van der Waals surface area contributed by atoms with Crippen LogP contribution in [-0.4, -0.2) is 32.3 Å². The normalized spacial score (nSPS) is 13.6. The highest BCUT2D eigenvalue weighted by Crippen LogP contribution is 2.14. The summed E-state index contributed by atoms with van der Waals surface area (Å²) in [6.45, 7) is 7.08.